The Labute approximate surface area is 98.8 Å². The van der Waals surface area contributed by atoms with Crippen LogP contribution in [0.5, 0.6) is 0 Å². The van der Waals surface area contributed by atoms with Crippen LogP contribution in [0.2, 0.25) is 0 Å². The fourth-order valence-corrected chi connectivity index (χ4v) is 2.32. The van der Waals surface area contributed by atoms with Crippen LogP contribution in [0.25, 0.3) is 0 Å². The fourth-order valence-electron chi connectivity index (χ4n) is 1.18. The summed E-state index contributed by atoms with van der Waals surface area (Å²) in [5.41, 5.74) is -1.39. The van der Waals surface area contributed by atoms with Gasteiger partial charge in [-0.15, -0.1) is 0 Å². The monoisotopic (exact) mass is 286 g/mol. The lowest BCUT2D eigenvalue weighted by Gasteiger charge is -2.06. The lowest BCUT2D eigenvalue weighted by atomic mass is 10.2. The highest BCUT2D eigenvalue weighted by Gasteiger charge is 2.33. The molecule has 0 atom stereocenters. The molecule has 17 heavy (non-hydrogen) atoms. The number of halogens is 3. The molecule has 0 fully saturated rings. The number of hydrogen-bond donors (Lipinski definition) is 0. The van der Waals surface area contributed by atoms with Crippen LogP contribution in [-0.2, 0) is 9.05 Å². The maximum absolute atomic E-state index is 12.6. The molecule has 0 N–H and O–H groups in total. The molecule has 6 nitrogen and oxygen atoms in total. The van der Waals surface area contributed by atoms with E-state index in [0.717, 1.165) is 6.07 Å². The average molecular weight is 287 g/mol. The molecular formula is C7H5ClF2N2O4S. The summed E-state index contributed by atoms with van der Waals surface area (Å²) in [5.74, 6) is -1.21. The first kappa shape index (κ1) is 13.7. The highest BCUT2D eigenvalue weighted by molar-refractivity contribution is 8.13. The Kier molecular flexibility index (Phi) is 3.62. The Balaban J connectivity index is 3.77. The van der Waals surface area contributed by atoms with Crippen molar-refractivity contribution >= 4 is 25.6 Å². The topological polar surface area (TPSA) is 90.2 Å². The Morgan fingerprint density at radius 1 is 1.53 bits per heavy atom. The SMILES string of the molecule is Cc1cc(S(=O)(=O)Cl)c(C(F)F)c([N+](=O)[O-])n1. The van der Waals surface area contributed by atoms with Crippen LogP contribution in [0.3, 0.4) is 0 Å². The lowest BCUT2D eigenvalue weighted by molar-refractivity contribution is -0.391. The van der Waals surface area contributed by atoms with Gasteiger partial charge in [0.25, 0.3) is 15.5 Å². The van der Waals surface area contributed by atoms with E-state index in [2.05, 4.69) is 4.98 Å². The molecule has 0 aliphatic rings. The molecule has 0 aliphatic heterocycles. The van der Waals surface area contributed by atoms with Gasteiger partial charge >= 0.3 is 5.82 Å². The first-order valence-corrected chi connectivity index (χ1v) is 6.34. The van der Waals surface area contributed by atoms with Crippen molar-refractivity contribution in [1.29, 1.82) is 0 Å². The summed E-state index contributed by atoms with van der Waals surface area (Å²) < 4.78 is 47.4. The van der Waals surface area contributed by atoms with Crippen molar-refractivity contribution in [3.05, 3.63) is 27.4 Å². The smallest absolute Gasteiger partial charge is 0.358 e. The Hall–Kier alpha value is -1.35. The Morgan fingerprint density at radius 2 is 2.06 bits per heavy atom. The van der Waals surface area contributed by atoms with Gasteiger partial charge in [0, 0.05) is 23.7 Å². The van der Waals surface area contributed by atoms with Crippen molar-refractivity contribution in [2.24, 2.45) is 0 Å². The van der Waals surface area contributed by atoms with Crippen LogP contribution in [0.1, 0.15) is 17.7 Å². The summed E-state index contributed by atoms with van der Waals surface area (Å²) in [4.78, 5) is 11.6. The fraction of sp³-hybridized carbons (Fsp3) is 0.286. The predicted molar refractivity (Wildman–Crippen MR) is 53.6 cm³/mol. The normalized spacial score (nSPS) is 11.8. The summed E-state index contributed by atoms with van der Waals surface area (Å²) in [7, 11) is 0.436. The van der Waals surface area contributed by atoms with Crippen LogP contribution in [-0.4, -0.2) is 18.3 Å². The van der Waals surface area contributed by atoms with Crippen LogP contribution < -0.4 is 0 Å². The summed E-state index contributed by atoms with van der Waals surface area (Å²) in [6, 6.07) is 0.761. The van der Waals surface area contributed by atoms with E-state index in [1.54, 1.807) is 0 Å². The van der Waals surface area contributed by atoms with E-state index in [0.29, 0.717) is 0 Å². The minimum Gasteiger partial charge on any atom is -0.358 e. The number of hydrogen-bond acceptors (Lipinski definition) is 5. The minimum atomic E-state index is -4.51. The number of aromatic nitrogens is 1. The van der Waals surface area contributed by atoms with E-state index in [1.807, 2.05) is 0 Å². The third-order valence-electron chi connectivity index (χ3n) is 1.78. The first-order chi connectivity index (χ1) is 7.64. The number of nitrogens with zero attached hydrogens (tertiary/aromatic N) is 2. The third-order valence-corrected chi connectivity index (χ3v) is 3.14. The molecule has 94 valence electrons. The number of aryl methyl sites for hydroxylation is 1. The van der Waals surface area contributed by atoms with E-state index in [-0.39, 0.29) is 5.69 Å². The van der Waals surface area contributed by atoms with Gasteiger partial charge in [-0.2, -0.15) is 0 Å². The quantitative estimate of drug-likeness (QED) is 0.482. The average Bonchev–Trinajstić information content (AvgIpc) is 2.14. The van der Waals surface area contributed by atoms with Gasteiger partial charge in [-0.25, -0.2) is 17.2 Å². The van der Waals surface area contributed by atoms with Gasteiger partial charge in [-0.3, -0.25) is 0 Å². The molecule has 0 unspecified atom stereocenters. The second kappa shape index (κ2) is 4.49. The molecule has 10 heteroatoms. The molecule has 0 aromatic carbocycles. The predicted octanol–water partition coefficient (Wildman–Crippen LogP) is 2.16. The van der Waals surface area contributed by atoms with E-state index in [1.165, 1.54) is 6.92 Å². The second-order valence-corrected chi connectivity index (χ2v) is 5.53. The highest BCUT2D eigenvalue weighted by atomic mass is 35.7. The molecular weight excluding hydrogens is 282 g/mol. The van der Waals surface area contributed by atoms with Gasteiger partial charge in [0.15, 0.2) is 5.69 Å². The van der Waals surface area contributed by atoms with Gasteiger partial charge < -0.3 is 10.1 Å². The molecule has 0 aliphatic carbocycles. The molecule has 1 rings (SSSR count). The first-order valence-electron chi connectivity index (χ1n) is 4.03. The van der Waals surface area contributed by atoms with Crippen molar-refractivity contribution < 1.29 is 22.1 Å². The zero-order valence-corrected chi connectivity index (χ0v) is 9.80. The largest absolute Gasteiger partial charge is 0.374 e. The maximum atomic E-state index is 12.6. The standard InChI is InChI=1S/C7H5ClF2N2O4S/c1-3-2-4(17(8,15)16)5(6(9)10)7(11-3)12(13)14/h2,6H,1H3. The molecule has 0 radical (unpaired) electrons. The van der Waals surface area contributed by atoms with Crippen molar-refractivity contribution in [3.8, 4) is 0 Å². The molecule has 0 saturated carbocycles. The Morgan fingerprint density at radius 3 is 2.41 bits per heavy atom. The molecule has 0 spiro atoms. The Bertz CT molecular complexity index is 575. The molecule has 1 aromatic rings. The van der Waals surface area contributed by atoms with Crippen molar-refractivity contribution in [2.75, 3.05) is 0 Å². The maximum Gasteiger partial charge on any atom is 0.374 e. The molecule has 0 saturated heterocycles. The van der Waals surface area contributed by atoms with Crippen molar-refractivity contribution in [3.63, 3.8) is 0 Å². The number of rotatable bonds is 3. The van der Waals surface area contributed by atoms with E-state index in [4.69, 9.17) is 10.7 Å². The van der Waals surface area contributed by atoms with Gasteiger partial charge in [-0.1, -0.05) is 0 Å². The minimum absolute atomic E-state index is 0.0969. The van der Waals surface area contributed by atoms with Gasteiger partial charge in [0.1, 0.15) is 10.5 Å². The van der Waals surface area contributed by atoms with E-state index in [9.17, 15) is 27.3 Å². The third kappa shape index (κ3) is 2.86. The van der Waals surface area contributed by atoms with Crippen LogP contribution >= 0.6 is 10.7 Å². The van der Waals surface area contributed by atoms with Crippen molar-refractivity contribution in [2.45, 2.75) is 18.2 Å². The summed E-state index contributed by atoms with van der Waals surface area (Å²) >= 11 is 0. The number of nitro groups is 1. The molecule has 0 bridgehead atoms. The lowest BCUT2D eigenvalue weighted by Crippen LogP contribution is -2.07. The van der Waals surface area contributed by atoms with Gasteiger partial charge in [0.2, 0.25) is 0 Å². The van der Waals surface area contributed by atoms with Crippen LogP contribution in [0.4, 0.5) is 14.6 Å². The van der Waals surface area contributed by atoms with E-state index >= 15 is 0 Å². The summed E-state index contributed by atoms with van der Waals surface area (Å²) in [6.45, 7) is 1.23. The van der Waals surface area contributed by atoms with E-state index < -0.39 is 36.7 Å². The zero-order chi connectivity index (χ0) is 13.4. The number of pyridine rings is 1. The van der Waals surface area contributed by atoms with Crippen LogP contribution in [0, 0.1) is 17.0 Å². The van der Waals surface area contributed by atoms with Crippen molar-refractivity contribution in [1.82, 2.24) is 4.98 Å². The van der Waals surface area contributed by atoms with Gasteiger partial charge in [-0.05, 0) is 9.91 Å². The summed E-state index contributed by atoms with van der Waals surface area (Å²) in [6.07, 6.45) is -3.37. The highest BCUT2D eigenvalue weighted by Crippen LogP contribution is 2.35. The molecule has 0 amide bonds. The number of alkyl halides is 2. The zero-order valence-electron chi connectivity index (χ0n) is 8.22. The second-order valence-electron chi connectivity index (χ2n) is 2.99. The molecule has 1 heterocycles. The molecule has 1 aromatic heterocycles. The summed E-state index contributed by atoms with van der Waals surface area (Å²) in [5, 5.41) is 10.5. The van der Waals surface area contributed by atoms with Crippen LogP contribution in [0.15, 0.2) is 11.0 Å². The van der Waals surface area contributed by atoms with Gasteiger partial charge in [0.05, 0.1) is 0 Å².